The summed E-state index contributed by atoms with van der Waals surface area (Å²) in [6.45, 7) is 3.81. The molecule has 2 aliphatic heterocycles. The molecule has 1 amide bonds. The third-order valence-corrected chi connectivity index (χ3v) is 4.34. The van der Waals surface area contributed by atoms with Crippen molar-refractivity contribution >= 4 is 34.2 Å². The Balaban J connectivity index is 1.75. The highest BCUT2D eigenvalue weighted by Gasteiger charge is 2.34. The lowest BCUT2D eigenvalue weighted by atomic mass is 10.2. The standard InChI is InChI=1S/C18H12N2O3S/c1-12-17(21)20(18(24-12)19-13-5-3-2-4-6-13)14-7-8-15-16(11-14)23-10-9-22-15/h2-11H,1H2. The van der Waals surface area contributed by atoms with Crippen molar-refractivity contribution in [3.05, 3.63) is 72.5 Å². The summed E-state index contributed by atoms with van der Waals surface area (Å²) in [5.41, 5.74) is 1.42. The molecule has 2 aromatic rings. The minimum Gasteiger partial charge on any atom is -0.458 e. The zero-order chi connectivity index (χ0) is 16.5. The van der Waals surface area contributed by atoms with Crippen LogP contribution in [-0.2, 0) is 4.79 Å². The Kier molecular flexibility index (Phi) is 3.59. The second kappa shape index (κ2) is 5.90. The van der Waals surface area contributed by atoms with Crippen molar-refractivity contribution in [3.8, 4) is 11.5 Å². The molecule has 0 aromatic heterocycles. The summed E-state index contributed by atoms with van der Waals surface area (Å²) in [4.78, 5) is 19.0. The fraction of sp³-hybridized carbons (Fsp3) is 0. The first-order valence-corrected chi connectivity index (χ1v) is 8.01. The van der Waals surface area contributed by atoms with Gasteiger partial charge >= 0.3 is 0 Å². The monoisotopic (exact) mass is 336 g/mol. The Morgan fingerprint density at radius 2 is 1.75 bits per heavy atom. The van der Waals surface area contributed by atoms with Gasteiger partial charge in [-0.25, -0.2) is 4.99 Å². The van der Waals surface area contributed by atoms with E-state index in [0.717, 1.165) is 5.69 Å². The molecule has 0 N–H and O–H groups in total. The van der Waals surface area contributed by atoms with Gasteiger partial charge in [-0.05, 0) is 36.0 Å². The van der Waals surface area contributed by atoms with Crippen LogP contribution in [0.1, 0.15) is 0 Å². The van der Waals surface area contributed by atoms with E-state index in [-0.39, 0.29) is 5.91 Å². The van der Waals surface area contributed by atoms with Crippen molar-refractivity contribution in [1.82, 2.24) is 0 Å². The average Bonchev–Trinajstić information content (AvgIpc) is 2.89. The fourth-order valence-electron chi connectivity index (χ4n) is 2.35. The zero-order valence-electron chi connectivity index (χ0n) is 12.5. The van der Waals surface area contributed by atoms with Gasteiger partial charge in [0.1, 0.15) is 12.5 Å². The number of aliphatic imine (C=N–C) groups is 1. The molecule has 0 radical (unpaired) electrons. The first kappa shape index (κ1) is 14.6. The van der Waals surface area contributed by atoms with E-state index in [9.17, 15) is 4.79 Å². The quantitative estimate of drug-likeness (QED) is 0.771. The number of nitrogens with zero attached hydrogens (tertiary/aromatic N) is 2. The summed E-state index contributed by atoms with van der Waals surface area (Å²) in [5.74, 6) is 0.951. The first-order chi connectivity index (χ1) is 11.7. The largest absolute Gasteiger partial charge is 0.458 e. The molecule has 6 heteroatoms. The number of hydrogen-bond acceptors (Lipinski definition) is 5. The van der Waals surface area contributed by atoms with E-state index in [4.69, 9.17) is 9.47 Å². The zero-order valence-corrected chi connectivity index (χ0v) is 13.3. The van der Waals surface area contributed by atoms with E-state index in [1.54, 1.807) is 18.2 Å². The van der Waals surface area contributed by atoms with Gasteiger partial charge in [0, 0.05) is 6.07 Å². The molecule has 0 aliphatic carbocycles. The number of hydrogen-bond donors (Lipinski definition) is 0. The highest BCUT2D eigenvalue weighted by molar-refractivity contribution is 8.19. The maximum atomic E-state index is 12.5. The predicted molar refractivity (Wildman–Crippen MR) is 94.6 cm³/mol. The molecule has 5 nitrogen and oxygen atoms in total. The number of carbonyl (C=O) groups excluding carboxylic acids is 1. The number of anilines is 1. The molecule has 0 unspecified atom stereocenters. The lowest BCUT2D eigenvalue weighted by Crippen LogP contribution is -2.28. The van der Waals surface area contributed by atoms with Gasteiger partial charge in [-0.15, -0.1) is 0 Å². The number of thioether (sulfide) groups is 1. The number of para-hydroxylation sites is 1. The molecule has 1 saturated heterocycles. The molecule has 2 aromatic carbocycles. The number of rotatable bonds is 2. The summed E-state index contributed by atoms with van der Waals surface area (Å²) in [7, 11) is 0. The molecular formula is C18H12N2O3S. The van der Waals surface area contributed by atoms with Crippen LogP contribution in [0.15, 0.2) is 77.5 Å². The fourth-order valence-corrected chi connectivity index (χ4v) is 3.18. The Morgan fingerprint density at radius 1 is 1.00 bits per heavy atom. The van der Waals surface area contributed by atoms with Gasteiger partial charge < -0.3 is 9.47 Å². The molecule has 0 saturated carbocycles. The van der Waals surface area contributed by atoms with Gasteiger partial charge in [0.25, 0.3) is 5.91 Å². The van der Waals surface area contributed by atoms with Crippen molar-refractivity contribution in [2.45, 2.75) is 0 Å². The first-order valence-electron chi connectivity index (χ1n) is 7.20. The Bertz CT molecular complexity index is 890. The SMILES string of the molecule is C=C1SC(=Nc2ccccc2)N(c2ccc3c(c2)OC=CO3)C1=O. The predicted octanol–water partition coefficient (Wildman–Crippen LogP) is 4.21. The van der Waals surface area contributed by atoms with Crippen molar-refractivity contribution in [2.75, 3.05) is 4.90 Å². The number of amides is 1. The van der Waals surface area contributed by atoms with Gasteiger partial charge in [-0.3, -0.25) is 9.69 Å². The highest BCUT2D eigenvalue weighted by Crippen LogP contribution is 2.39. The molecule has 2 aliphatic rings. The summed E-state index contributed by atoms with van der Waals surface area (Å²) in [6.07, 6.45) is 2.91. The Morgan fingerprint density at radius 3 is 2.54 bits per heavy atom. The Labute approximate surface area is 142 Å². The van der Waals surface area contributed by atoms with Crippen molar-refractivity contribution in [1.29, 1.82) is 0 Å². The number of ether oxygens (including phenoxy) is 2. The van der Waals surface area contributed by atoms with Crippen LogP contribution in [-0.4, -0.2) is 11.1 Å². The van der Waals surface area contributed by atoms with Gasteiger partial charge in [-0.1, -0.05) is 24.8 Å². The maximum absolute atomic E-state index is 12.5. The summed E-state index contributed by atoms with van der Waals surface area (Å²) >= 11 is 1.25. The third-order valence-electron chi connectivity index (χ3n) is 3.46. The molecule has 2 heterocycles. The number of benzene rings is 2. The van der Waals surface area contributed by atoms with Crippen molar-refractivity contribution < 1.29 is 14.3 Å². The minimum absolute atomic E-state index is 0.193. The van der Waals surface area contributed by atoms with Crippen LogP contribution in [0.25, 0.3) is 0 Å². The van der Waals surface area contributed by atoms with Crippen LogP contribution >= 0.6 is 11.8 Å². The molecule has 24 heavy (non-hydrogen) atoms. The molecule has 0 atom stereocenters. The third kappa shape index (κ3) is 2.57. The summed E-state index contributed by atoms with van der Waals surface area (Å²) < 4.78 is 10.8. The molecule has 118 valence electrons. The van der Waals surface area contributed by atoms with Crippen LogP contribution in [0.4, 0.5) is 11.4 Å². The van der Waals surface area contributed by atoms with E-state index in [1.165, 1.54) is 29.2 Å². The van der Waals surface area contributed by atoms with E-state index in [0.29, 0.717) is 27.3 Å². The lowest BCUT2D eigenvalue weighted by molar-refractivity contribution is -0.113. The normalized spacial score (nSPS) is 17.7. The number of amidine groups is 1. The maximum Gasteiger partial charge on any atom is 0.270 e. The molecule has 1 fully saturated rings. The van der Waals surface area contributed by atoms with Gasteiger partial charge in [0.05, 0.1) is 16.3 Å². The Hall–Kier alpha value is -2.99. The number of fused-ring (bicyclic) bond motifs is 1. The van der Waals surface area contributed by atoms with E-state index in [1.807, 2.05) is 30.3 Å². The van der Waals surface area contributed by atoms with Gasteiger partial charge in [0.15, 0.2) is 16.7 Å². The topological polar surface area (TPSA) is 51.1 Å². The van der Waals surface area contributed by atoms with Crippen LogP contribution in [0.5, 0.6) is 11.5 Å². The highest BCUT2D eigenvalue weighted by atomic mass is 32.2. The lowest BCUT2D eigenvalue weighted by Gasteiger charge is -2.19. The van der Waals surface area contributed by atoms with Crippen LogP contribution in [0.2, 0.25) is 0 Å². The van der Waals surface area contributed by atoms with E-state index in [2.05, 4.69) is 11.6 Å². The molecular weight excluding hydrogens is 324 g/mol. The second-order valence-electron chi connectivity index (χ2n) is 5.03. The van der Waals surface area contributed by atoms with Crippen molar-refractivity contribution in [3.63, 3.8) is 0 Å². The minimum atomic E-state index is -0.193. The van der Waals surface area contributed by atoms with Crippen LogP contribution in [0, 0.1) is 0 Å². The van der Waals surface area contributed by atoms with Crippen molar-refractivity contribution in [2.24, 2.45) is 4.99 Å². The van der Waals surface area contributed by atoms with Gasteiger partial charge in [0.2, 0.25) is 0 Å². The van der Waals surface area contributed by atoms with Gasteiger partial charge in [-0.2, -0.15) is 0 Å². The second-order valence-corrected chi connectivity index (χ2v) is 6.10. The molecule has 0 spiro atoms. The van der Waals surface area contributed by atoms with E-state index < -0.39 is 0 Å². The molecule has 0 bridgehead atoms. The van der Waals surface area contributed by atoms with Crippen LogP contribution < -0.4 is 14.4 Å². The molecule has 4 rings (SSSR count). The smallest absolute Gasteiger partial charge is 0.270 e. The number of carbonyl (C=O) groups is 1. The summed E-state index contributed by atoms with van der Waals surface area (Å²) in [6, 6.07) is 14.8. The van der Waals surface area contributed by atoms with E-state index >= 15 is 0 Å². The van der Waals surface area contributed by atoms with Crippen LogP contribution in [0.3, 0.4) is 0 Å². The summed E-state index contributed by atoms with van der Waals surface area (Å²) in [5, 5.41) is 0.559. The average molecular weight is 336 g/mol.